The van der Waals surface area contributed by atoms with Crippen LogP contribution >= 0.6 is 0 Å². The summed E-state index contributed by atoms with van der Waals surface area (Å²) >= 11 is 0. The third-order valence-electron chi connectivity index (χ3n) is 4.33. The second-order valence-electron chi connectivity index (χ2n) is 5.63. The number of carbonyl (C=O) groups is 1. The van der Waals surface area contributed by atoms with E-state index in [-0.39, 0.29) is 0 Å². The molecular weight excluding hydrogens is 212 g/mol. The van der Waals surface area contributed by atoms with Crippen LogP contribution in [-0.4, -0.2) is 36.0 Å². The molecule has 1 unspecified atom stereocenters. The van der Waals surface area contributed by atoms with Crippen molar-refractivity contribution < 1.29 is 4.79 Å². The number of amides is 1. The summed E-state index contributed by atoms with van der Waals surface area (Å²) in [5.41, 5.74) is 0. The molecule has 0 radical (unpaired) electrons. The van der Waals surface area contributed by atoms with E-state index < -0.39 is 0 Å². The van der Waals surface area contributed by atoms with Crippen LogP contribution in [0.25, 0.3) is 0 Å². The van der Waals surface area contributed by atoms with Crippen molar-refractivity contribution in [3.05, 3.63) is 0 Å². The van der Waals surface area contributed by atoms with Crippen LogP contribution in [0.5, 0.6) is 0 Å². The van der Waals surface area contributed by atoms with E-state index >= 15 is 0 Å². The lowest BCUT2D eigenvalue weighted by Gasteiger charge is -2.24. The van der Waals surface area contributed by atoms with Gasteiger partial charge in [-0.2, -0.15) is 0 Å². The topological polar surface area (TPSA) is 32.3 Å². The summed E-state index contributed by atoms with van der Waals surface area (Å²) in [6.07, 6.45) is 7.82. The van der Waals surface area contributed by atoms with Gasteiger partial charge in [-0.15, -0.1) is 0 Å². The van der Waals surface area contributed by atoms with Crippen molar-refractivity contribution in [2.45, 2.75) is 64.5 Å². The Bertz CT molecular complexity index is 257. The number of nitrogens with zero attached hydrogens (tertiary/aromatic N) is 1. The molecule has 17 heavy (non-hydrogen) atoms. The highest BCUT2D eigenvalue weighted by molar-refractivity contribution is 5.78. The van der Waals surface area contributed by atoms with E-state index in [0.717, 1.165) is 12.5 Å². The molecule has 1 atom stereocenters. The lowest BCUT2D eigenvalue weighted by atomic mass is 10.00. The zero-order valence-corrected chi connectivity index (χ0v) is 11.2. The fourth-order valence-corrected chi connectivity index (χ4v) is 3.00. The van der Waals surface area contributed by atoms with Crippen LogP contribution in [0.1, 0.15) is 52.4 Å². The molecule has 3 nitrogen and oxygen atoms in total. The van der Waals surface area contributed by atoms with Gasteiger partial charge in [0.05, 0.1) is 6.54 Å². The van der Waals surface area contributed by atoms with Crippen LogP contribution in [0, 0.1) is 5.92 Å². The minimum atomic E-state index is 0.292. The van der Waals surface area contributed by atoms with Crippen LogP contribution in [0.2, 0.25) is 0 Å². The van der Waals surface area contributed by atoms with Crippen molar-refractivity contribution >= 4 is 5.91 Å². The van der Waals surface area contributed by atoms with E-state index in [9.17, 15) is 4.79 Å². The highest BCUT2D eigenvalue weighted by Crippen LogP contribution is 2.28. The molecule has 98 valence electrons. The van der Waals surface area contributed by atoms with Gasteiger partial charge in [0.2, 0.25) is 5.91 Å². The maximum atomic E-state index is 12.0. The van der Waals surface area contributed by atoms with Crippen LogP contribution < -0.4 is 5.32 Å². The molecule has 2 fully saturated rings. The SMILES string of the molecule is CCN(C(=O)CNC(C)C1CCCC1)C1CC1. The number of rotatable bonds is 6. The lowest BCUT2D eigenvalue weighted by Crippen LogP contribution is -2.43. The monoisotopic (exact) mass is 238 g/mol. The highest BCUT2D eigenvalue weighted by atomic mass is 16.2. The molecule has 0 aromatic heterocycles. The van der Waals surface area contributed by atoms with Crippen LogP contribution in [0.4, 0.5) is 0 Å². The van der Waals surface area contributed by atoms with E-state index in [1.165, 1.54) is 38.5 Å². The Balaban J connectivity index is 1.70. The van der Waals surface area contributed by atoms with Crippen molar-refractivity contribution in [3.8, 4) is 0 Å². The summed E-state index contributed by atoms with van der Waals surface area (Å²) in [6.45, 7) is 5.71. The van der Waals surface area contributed by atoms with Gasteiger partial charge in [-0.3, -0.25) is 4.79 Å². The fourth-order valence-electron chi connectivity index (χ4n) is 3.00. The molecule has 1 N–H and O–H groups in total. The first-order valence-corrected chi connectivity index (χ1v) is 7.25. The van der Waals surface area contributed by atoms with Gasteiger partial charge in [0.1, 0.15) is 0 Å². The minimum Gasteiger partial charge on any atom is -0.339 e. The average Bonchev–Trinajstić information content (AvgIpc) is 3.00. The van der Waals surface area contributed by atoms with Crippen molar-refractivity contribution in [1.82, 2.24) is 10.2 Å². The molecule has 0 bridgehead atoms. The molecule has 2 aliphatic carbocycles. The predicted molar refractivity (Wildman–Crippen MR) is 69.8 cm³/mol. The highest BCUT2D eigenvalue weighted by Gasteiger charge is 2.31. The van der Waals surface area contributed by atoms with E-state index in [2.05, 4.69) is 19.2 Å². The summed E-state index contributed by atoms with van der Waals surface area (Å²) in [4.78, 5) is 14.1. The van der Waals surface area contributed by atoms with Crippen LogP contribution in [0.15, 0.2) is 0 Å². The van der Waals surface area contributed by atoms with Crippen molar-refractivity contribution in [2.75, 3.05) is 13.1 Å². The zero-order valence-electron chi connectivity index (χ0n) is 11.2. The number of likely N-dealkylation sites (N-methyl/N-ethyl adjacent to an activating group) is 1. The van der Waals surface area contributed by atoms with Gasteiger partial charge in [0, 0.05) is 18.6 Å². The molecular formula is C14H26N2O. The number of hydrogen-bond donors (Lipinski definition) is 1. The predicted octanol–water partition coefficient (Wildman–Crippen LogP) is 2.17. The van der Waals surface area contributed by atoms with Crippen molar-refractivity contribution in [2.24, 2.45) is 5.92 Å². The first kappa shape index (κ1) is 12.9. The quantitative estimate of drug-likeness (QED) is 0.769. The maximum absolute atomic E-state index is 12.0. The Morgan fingerprint density at radius 3 is 2.47 bits per heavy atom. The van der Waals surface area contributed by atoms with E-state index in [1.54, 1.807) is 0 Å². The lowest BCUT2D eigenvalue weighted by molar-refractivity contribution is -0.130. The first-order chi connectivity index (χ1) is 8.22. The molecule has 0 aromatic carbocycles. The molecule has 0 aromatic rings. The van der Waals surface area contributed by atoms with Gasteiger partial charge in [0.25, 0.3) is 0 Å². The van der Waals surface area contributed by atoms with Crippen molar-refractivity contribution in [1.29, 1.82) is 0 Å². The molecule has 2 saturated carbocycles. The Kier molecular flexibility index (Phi) is 4.43. The van der Waals surface area contributed by atoms with Gasteiger partial charge in [-0.1, -0.05) is 12.8 Å². The second kappa shape index (κ2) is 5.85. The number of nitrogens with one attached hydrogen (secondary N) is 1. The van der Waals surface area contributed by atoms with E-state index in [1.807, 2.05) is 4.90 Å². The maximum Gasteiger partial charge on any atom is 0.236 e. The molecule has 0 aliphatic heterocycles. The smallest absolute Gasteiger partial charge is 0.236 e. The average molecular weight is 238 g/mol. The van der Waals surface area contributed by atoms with Gasteiger partial charge in [-0.05, 0) is 45.4 Å². The summed E-state index contributed by atoms with van der Waals surface area (Å²) in [7, 11) is 0. The number of hydrogen-bond acceptors (Lipinski definition) is 2. The normalized spacial score (nSPS) is 22.7. The van der Waals surface area contributed by atoms with E-state index in [0.29, 0.717) is 24.5 Å². The third-order valence-corrected chi connectivity index (χ3v) is 4.33. The molecule has 0 spiro atoms. The van der Waals surface area contributed by atoms with Gasteiger partial charge in [-0.25, -0.2) is 0 Å². The molecule has 2 rings (SSSR count). The summed E-state index contributed by atoms with van der Waals surface area (Å²) < 4.78 is 0. The molecule has 1 amide bonds. The van der Waals surface area contributed by atoms with Gasteiger partial charge >= 0.3 is 0 Å². The molecule has 0 saturated heterocycles. The third kappa shape index (κ3) is 3.44. The summed E-state index contributed by atoms with van der Waals surface area (Å²) in [5, 5.41) is 3.43. The van der Waals surface area contributed by atoms with Crippen LogP contribution in [0.3, 0.4) is 0 Å². The van der Waals surface area contributed by atoms with Crippen molar-refractivity contribution in [3.63, 3.8) is 0 Å². The summed E-state index contributed by atoms with van der Waals surface area (Å²) in [6, 6.07) is 1.05. The number of carbonyl (C=O) groups excluding carboxylic acids is 1. The fraction of sp³-hybridized carbons (Fsp3) is 0.929. The molecule has 0 heterocycles. The van der Waals surface area contributed by atoms with Crippen LogP contribution in [-0.2, 0) is 4.79 Å². The Hall–Kier alpha value is -0.570. The van der Waals surface area contributed by atoms with Gasteiger partial charge in [0.15, 0.2) is 0 Å². The molecule has 3 heteroatoms. The second-order valence-corrected chi connectivity index (χ2v) is 5.63. The zero-order chi connectivity index (χ0) is 12.3. The largest absolute Gasteiger partial charge is 0.339 e. The Labute approximate surface area is 105 Å². The first-order valence-electron chi connectivity index (χ1n) is 7.25. The van der Waals surface area contributed by atoms with E-state index in [4.69, 9.17) is 0 Å². The minimum absolute atomic E-state index is 0.292. The summed E-state index contributed by atoms with van der Waals surface area (Å²) in [5.74, 6) is 1.08. The Morgan fingerprint density at radius 1 is 1.29 bits per heavy atom. The Morgan fingerprint density at radius 2 is 1.94 bits per heavy atom. The van der Waals surface area contributed by atoms with Gasteiger partial charge < -0.3 is 10.2 Å². The standard InChI is InChI=1S/C14H26N2O/c1-3-16(13-8-9-13)14(17)10-15-11(2)12-6-4-5-7-12/h11-13,15H,3-10H2,1-2H3. The molecule has 2 aliphatic rings.